The van der Waals surface area contributed by atoms with E-state index >= 15 is 0 Å². The molecule has 0 bridgehead atoms. The van der Waals surface area contributed by atoms with Crippen LogP contribution in [0.15, 0.2) is 36.5 Å². The van der Waals surface area contributed by atoms with E-state index < -0.39 is 0 Å². The van der Waals surface area contributed by atoms with Gasteiger partial charge in [0.1, 0.15) is 5.82 Å². The number of ether oxygens (including phenoxy) is 1. The van der Waals surface area contributed by atoms with Gasteiger partial charge in [0.2, 0.25) is 0 Å². The lowest BCUT2D eigenvalue weighted by Gasteiger charge is -2.24. The molecule has 1 heterocycles. The zero-order valence-corrected chi connectivity index (χ0v) is 11.4. The zero-order valence-electron chi connectivity index (χ0n) is 11.4. The van der Waals surface area contributed by atoms with Crippen LogP contribution < -0.4 is 10.6 Å². The zero-order chi connectivity index (χ0) is 13.5. The highest BCUT2D eigenvalue weighted by molar-refractivity contribution is 5.92. The predicted molar refractivity (Wildman–Crippen MR) is 79.5 cm³/mol. The van der Waals surface area contributed by atoms with Crippen LogP contribution in [0.2, 0.25) is 0 Å². The monoisotopic (exact) mass is 259 g/mol. The second-order valence-electron chi connectivity index (χ2n) is 4.48. The molecule has 0 saturated heterocycles. The van der Waals surface area contributed by atoms with Crippen molar-refractivity contribution in [3.05, 3.63) is 36.5 Å². The Kier molecular flexibility index (Phi) is 5.12. The summed E-state index contributed by atoms with van der Waals surface area (Å²) in [5.74, 6) is 1.02. The molecule has 0 aliphatic carbocycles. The third-order valence-corrected chi connectivity index (χ3v) is 3.15. The minimum absolute atomic E-state index is 0.689. The Labute approximate surface area is 114 Å². The van der Waals surface area contributed by atoms with Gasteiger partial charge in [0, 0.05) is 31.8 Å². The first-order chi connectivity index (χ1) is 9.36. The molecule has 0 unspecified atom stereocenters. The molecule has 102 valence electrons. The summed E-state index contributed by atoms with van der Waals surface area (Å²) in [6, 6.07) is 10.4. The SMILES string of the molecule is COCCN(CCCN)c1nccc2ccccc12. The van der Waals surface area contributed by atoms with E-state index in [4.69, 9.17) is 10.5 Å². The van der Waals surface area contributed by atoms with Gasteiger partial charge in [0.25, 0.3) is 0 Å². The summed E-state index contributed by atoms with van der Waals surface area (Å²) in [6.45, 7) is 3.11. The van der Waals surface area contributed by atoms with E-state index in [0.29, 0.717) is 13.2 Å². The van der Waals surface area contributed by atoms with Gasteiger partial charge in [-0.3, -0.25) is 0 Å². The molecule has 1 aromatic carbocycles. The standard InChI is InChI=1S/C15H21N3O/c1-19-12-11-18(10-4-8-16)15-14-6-3-2-5-13(14)7-9-17-15/h2-3,5-7,9H,4,8,10-12,16H2,1H3. The third-order valence-electron chi connectivity index (χ3n) is 3.15. The van der Waals surface area contributed by atoms with Gasteiger partial charge < -0.3 is 15.4 Å². The number of aromatic nitrogens is 1. The first kappa shape index (κ1) is 13.8. The molecular weight excluding hydrogens is 238 g/mol. The van der Waals surface area contributed by atoms with Crippen LogP contribution in [0.4, 0.5) is 5.82 Å². The summed E-state index contributed by atoms with van der Waals surface area (Å²) in [7, 11) is 1.72. The fourth-order valence-corrected chi connectivity index (χ4v) is 2.16. The van der Waals surface area contributed by atoms with Crippen LogP contribution in [0.1, 0.15) is 6.42 Å². The van der Waals surface area contributed by atoms with E-state index in [0.717, 1.165) is 25.3 Å². The van der Waals surface area contributed by atoms with Crippen molar-refractivity contribution in [2.45, 2.75) is 6.42 Å². The third kappa shape index (κ3) is 3.43. The van der Waals surface area contributed by atoms with Gasteiger partial charge in [-0.25, -0.2) is 4.98 Å². The Balaban J connectivity index is 2.31. The number of hydrogen-bond donors (Lipinski definition) is 1. The molecule has 4 nitrogen and oxygen atoms in total. The molecule has 0 saturated carbocycles. The summed E-state index contributed by atoms with van der Waals surface area (Å²) in [5.41, 5.74) is 5.62. The highest BCUT2D eigenvalue weighted by atomic mass is 16.5. The number of hydrogen-bond acceptors (Lipinski definition) is 4. The lowest BCUT2D eigenvalue weighted by Crippen LogP contribution is -2.30. The van der Waals surface area contributed by atoms with Crippen LogP contribution in [0.5, 0.6) is 0 Å². The minimum Gasteiger partial charge on any atom is -0.383 e. The number of benzene rings is 1. The number of rotatable bonds is 7. The van der Waals surface area contributed by atoms with Crippen molar-refractivity contribution in [2.75, 3.05) is 38.3 Å². The van der Waals surface area contributed by atoms with Crippen LogP contribution in [0.25, 0.3) is 10.8 Å². The van der Waals surface area contributed by atoms with E-state index in [9.17, 15) is 0 Å². The van der Waals surface area contributed by atoms with Crippen LogP contribution in [-0.4, -0.2) is 38.3 Å². The summed E-state index contributed by atoms with van der Waals surface area (Å²) < 4.78 is 5.19. The highest BCUT2D eigenvalue weighted by Crippen LogP contribution is 2.24. The van der Waals surface area contributed by atoms with Gasteiger partial charge in [-0.05, 0) is 24.4 Å². The molecule has 0 fully saturated rings. The fourth-order valence-electron chi connectivity index (χ4n) is 2.16. The van der Waals surface area contributed by atoms with E-state index in [1.807, 2.05) is 24.4 Å². The van der Waals surface area contributed by atoms with Crippen molar-refractivity contribution in [3.63, 3.8) is 0 Å². The van der Waals surface area contributed by atoms with Crippen molar-refractivity contribution in [1.29, 1.82) is 0 Å². The lowest BCUT2D eigenvalue weighted by molar-refractivity contribution is 0.205. The van der Waals surface area contributed by atoms with E-state index in [-0.39, 0.29) is 0 Å². The lowest BCUT2D eigenvalue weighted by atomic mass is 10.1. The summed E-state index contributed by atoms with van der Waals surface area (Å²) in [6.07, 6.45) is 2.81. The summed E-state index contributed by atoms with van der Waals surface area (Å²) >= 11 is 0. The maximum absolute atomic E-state index is 5.62. The second-order valence-corrected chi connectivity index (χ2v) is 4.48. The van der Waals surface area contributed by atoms with Gasteiger partial charge in [-0.2, -0.15) is 0 Å². The summed E-state index contributed by atoms with van der Waals surface area (Å²) in [5, 5.41) is 2.39. The van der Waals surface area contributed by atoms with Gasteiger partial charge in [0.15, 0.2) is 0 Å². The minimum atomic E-state index is 0.689. The second kappa shape index (κ2) is 7.07. The molecule has 0 radical (unpaired) electrons. The van der Waals surface area contributed by atoms with E-state index in [2.05, 4.69) is 22.0 Å². The number of pyridine rings is 1. The van der Waals surface area contributed by atoms with E-state index in [1.165, 1.54) is 10.8 Å². The van der Waals surface area contributed by atoms with Gasteiger partial charge >= 0.3 is 0 Å². The molecule has 0 atom stereocenters. The average molecular weight is 259 g/mol. The predicted octanol–water partition coefficient (Wildman–Crippen LogP) is 2.04. The number of nitrogens with zero attached hydrogens (tertiary/aromatic N) is 2. The maximum Gasteiger partial charge on any atom is 0.136 e. The van der Waals surface area contributed by atoms with Gasteiger partial charge in [-0.15, -0.1) is 0 Å². The van der Waals surface area contributed by atoms with Crippen molar-refractivity contribution in [2.24, 2.45) is 5.73 Å². The number of anilines is 1. The van der Waals surface area contributed by atoms with Crippen molar-refractivity contribution in [1.82, 2.24) is 4.98 Å². The Morgan fingerprint density at radius 2 is 2.05 bits per heavy atom. The normalized spacial score (nSPS) is 10.8. The molecular formula is C15H21N3O. The molecule has 2 N–H and O–H groups in total. The quantitative estimate of drug-likeness (QED) is 0.826. The molecule has 1 aromatic heterocycles. The Morgan fingerprint density at radius 3 is 2.84 bits per heavy atom. The van der Waals surface area contributed by atoms with Crippen LogP contribution in [-0.2, 0) is 4.74 Å². The van der Waals surface area contributed by atoms with Crippen molar-refractivity contribution in [3.8, 4) is 0 Å². The van der Waals surface area contributed by atoms with Gasteiger partial charge in [-0.1, -0.05) is 24.3 Å². The number of methoxy groups -OCH3 is 1. The summed E-state index contributed by atoms with van der Waals surface area (Å²) in [4.78, 5) is 6.79. The van der Waals surface area contributed by atoms with Crippen LogP contribution >= 0.6 is 0 Å². The largest absolute Gasteiger partial charge is 0.383 e. The Bertz CT molecular complexity index is 502. The average Bonchev–Trinajstić information content (AvgIpc) is 2.47. The van der Waals surface area contributed by atoms with Crippen LogP contribution in [0, 0.1) is 0 Å². The van der Waals surface area contributed by atoms with Crippen LogP contribution in [0.3, 0.4) is 0 Å². The molecule has 0 aliphatic heterocycles. The molecule has 2 rings (SSSR count). The van der Waals surface area contributed by atoms with Crippen molar-refractivity contribution < 1.29 is 4.74 Å². The molecule has 2 aromatic rings. The molecule has 4 heteroatoms. The van der Waals surface area contributed by atoms with E-state index in [1.54, 1.807) is 7.11 Å². The first-order valence-corrected chi connectivity index (χ1v) is 6.64. The molecule has 0 spiro atoms. The fraction of sp³-hybridized carbons (Fsp3) is 0.400. The molecule has 0 aliphatic rings. The Hall–Kier alpha value is -1.65. The number of nitrogens with two attached hydrogens (primary N) is 1. The highest BCUT2D eigenvalue weighted by Gasteiger charge is 2.10. The molecule has 19 heavy (non-hydrogen) atoms. The Morgan fingerprint density at radius 1 is 1.21 bits per heavy atom. The topological polar surface area (TPSA) is 51.4 Å². The maximum atomic E-state index is 5.62. The van der Waals surface area contributed by atoms with Gasteiger partial charge in [0.05, 0.1) is 6.61 Å². The van der Waals surface area contributed by atoms with Crippen molar-refractivity contribution >= 4 is 16.6 Å². The number of fused-ring (bicyclic) bond motifs is 1. The first-order valence-electron chi connectivity index (χ1n) is 6.64. The molecule has 0 amide bonds. The smallest absolute Gasteiger partial charge is 0.136 e.